The van der Waals surface area contributed by atoms with E-state index >= 15 is 0 Å². The molecule has 8 heteroatoms. The lowest BCUT2D eigenvalue weighted by molar-refractivity contribution is -0.137. The smallest absolute Gasteiger partial charge is 0.343 e. The van der Waals surface area contributed by atoms with Gasteiger partial charge in [0.2, 0.25) is 5.91 Å². The number of halogens is 4. The van der Waals surface area contributed by atoms with Crippen molar-refractivity contribution in [2.24, 2.45) is 0 Å². The van der Waals surface area contributed by atoms with E-state index in [9.17, 15) is 22.8 Å². The van der Waals surface area contributed by atoms with Crippen LogP contribution in [-0.4, -0.2) is 18.4 Å². The number of carbonyl (C=O) groups excluding carboxylic acids is 2. The molecule has 0 aromatic heterocycles. The molecule has 0 saturated carbocycles. The number of rotatable bonds is 4. The highest BCUT2D eigenvalue weighted by atomic mass is 35.5. The maximum atomic E-state index is 12.4. The van der Waals surface area contributed by atoms with E-state index in [0.29, 0.717) is 0 Å². The van der Waals surface area contributed by atoms with Gasteiger partial charge in [-0.2, -0.15) is 13.2 Å². The Morgan fingerprint density at radius 1 is 1.00 bits per heavy atom. The van der Waals surface area contributed by atoms with Crippen molar-refractivity contribution in [3.8, 4) is 0 Å². The lowest BCUT2D eigenvalue weighted by Gasteiger charge is -2.10. The predicted molar refractivity (Wildman–Crippen MR) is 83.9 cm³/mol. The fourth-order valence-corrected chi connectivity index (χ4v) is 2.07. The summed E-state index contributed by atoms with van der Waals surface area (Å²) in [4.78, 5) is 23.6. The Kier molecular flexibility index (Phi) is 5.46. The van der Waals surface area contributed by atoms with Crippen molar-refractivity contribution in [2.75, 3.05) is 11.9 Å². The minimum absolute atomic E-state index is 0.194. The molecule has 24 heavy (non-hydrogen) atoms. The zero-order chi connectivity index (χ0) is 17.7. The van der Waals surface area contributed by atoms with Gasteiger partial charge in [-0.3, -0.25) is 9.59 Å². The summed E-state index contributed by atoms with van der Waals surface area (Å²) >= 11 is 5.86. The third-order valence-corrected chi connectivity index (χ3v) is 3.35. The molecule has 2 aromatic carbocycles. The molecule has 0 fully saturated rings. The molecule has 0 heterocycles. The van der Waals surface area contributed by atoms with E-state index in [4.69, 9.17) is 11.6 Å². The van der Waals surface area contributed by atoms with Gasteiger partial charge < -0.3 is 10.6 Å². The molecule has 0 unspecified atom stereocenters. The van der Waals surface area contributed by atoms with Crippen molar-refractivity contribution in [1.29, 1.82) is 0 Å². The summed E-state index contributed by atoms with van der Waals surface area (Å²) in [5.74, 6) is -1.10. The fourth-order valence-electron chi connectivity index (χ4n) is 1.85. The van der Waals surface area contributed by atoms with E-state index in [-0.39, 0.29) is 22.8 Å². The molecule has 0 bridgehead atoms. The van der Waals surface area contributed by atoms with Crippen molar-refractivity contribution in [1.82, 2.24) is 5.32 Å². The number of hydrogen-bond acceptors (Lipinski definition) is 2. The van der Waals surface area contributed by atoms with E-state index in [1.807, 2.05) is 0 Å². The Morgan fingerprint density at radius 3 is 2.21 bits per heavy atom. The first kappa shape index (κ1) is 17.8. The minimum Gasteiger partial charge on any atom is -0.343 e. The zero-order valence-corrected chi connectivity index (χ0v) is 12.9. The molecule has 126 valence electrons. The van der Waals surface area contributed by atoms with Gasteiger partial charge in [-0.05, 0) is 36.4 Å². The first-order valence-electron chi connectivity index (χ1n) is 6.77. The van der Waals surface area contributed by atoms with Gasteiger partial charge in [0.25, 0.3) is 5.91 Å². The molecule has 0 radical (unpaired) electrons. The van der Waals surface area contributed by atoms with Gasteiger partial charge >= 0.3 is 6.18 Å². The number of alkyl halides is 3. The number of anilines is 1. The highest BCUT2D eigenvalue weighted by molar-refractivity contribution is 6.33. The maximum Gasteiger partial charge on any atom is 0.416 e. The molecule has 0 saturated heterocycles. The van der Waals surface area contributed by atoms with Crippen LogP contribution >= 0.6 is 11.6 Å². The molecule has 2 rings (SSSR count). The summed E-state index contributed by atoms with van der Waals surface area (Å²) in [5, 5.41) is 5.02. The fraction of sp³-hybridized carbons (Fsp3) is 0.125. The second-order valence-corrected chi connectivity index (χ2v) is 5.19. The molecule has 2 aromatic rings. The molecule has 0 spiro atoms. The number of benzene rings is 2. The van der Waals surface area contributed by atoms with Crippen LogP contribution in [0.2, 0.25) is 5.02 Å². The van der Waals surface area contributed by atoms with Crippen LogP contribution < -0.4 is 10.6 Å². The summed E-state index contributed by atoms with van der Waals surface area (Å²) < 4.78 is 37.3. The zero-order valence-electron chi connectivity index (χ0n) is 12.2. The number of carbonyl (C=O) groups is 2. The molecular formula is C16H12ClF3N2O2. The Morgan fingerprint density at radius 2 is 1.62 bits per heavy atom. The monoisotopic (exact) mass is 356 g/mol. The van der Waals surface area contributed by atoms with Crippen molar-refractivity contribution < 1.29 is 22.8 Å². The lowest BCUT2D eigenvalue weighted by atomic mass is 10.2. The average molecular weight is 357 g/mol. The molecule has 0 aliphatic heterocycles. The lowest BCUT2D eigenvalue weighted by Crippen LogP contribution is -2.33. The van der Waals surface area contributed by atoms with Crippen LogP contribution in [0.1, 0.15) is 15.9 Å². The van der Waals surface area contributed by atoms with E-state index in [1.54, 1.807) is 18.2 Å². The quantitative estimate of drug-likeness (QED) is 0.877. The van der Waals surface area contributed by atoms with Gasteiger partial charge in [0.05, 0.1) is 22.7 Å². The molecular weight excluding hydrogens is 345 g/mol. The third-order valence-electron chi connectivity index (χ3n) is 3.02. The van der Waals surface area contributed by atoms with Crippen LogP contribution in [0.5, 0.6) is 0 Å². The average Bonchev–Trinajstić information content (AvgIpc) is 2.53. The van der Waals surface area contributed by atoms with Gasteiger partial charge in [-0.25, -0.2) is 0 Å². The van der Waals surface area contributed by atoms with Crippen LogP contribution in [0.15, 0.2) is 48.5 Å². The standard InChI is InChI=1S/C16H12ClF3N2O2/c17-13-4-2-1-3-12(13)15(24)21-9-14(23)22-11-7-5-10(6-8-11)16(18,19)20/h1-8H,9H2,(H,21,24)(H,22,23). The summed E-state index contributed by atoms with van der Waals surface area (Å²) in [7, 11) is 0. The topological polar surface area (TPSA) is 58.2 Å². The molecule has 2 amide bonds. The van der Waals surface area contributed by atoms with E-state index in [2.05, 4.69) is 10.6 Å². The van der Waals surface area contributed by atoms with E-state index in [1.165, 1.54) is 6.07 Å². The van der Waals surface area contributed by atoms with Gasteiger partial charge in [0.1, 0.15) is 0 Å². The normalized spacial score (nSPS) is 11.0. The first-order chi connectivity index (χ1) is 11.3. The van der Waals surface area contributed by atoms with Crippen molar-refractivity contribution in [3.63, 3.8) is 0 Å². The van der Waals surface area contributed by atoms with Gasteiger partial charge in [0, 0.05) is 5.69 Å². The molecule has 0 aliphatic carbocycles. The molecule has 0 aliphatic rings. The number of hydrogen-bond donors (Lipinski definition) is 2. The number of nitrogens with one attached hydrogen (secondary N) is 2. The predicted octanol–water partition coefficient (Wildman–Crippen LogP) is 3.73. The van der Waals surface area contributed by atoms with Crippen molar-refractivity contribution in [3.05, 3.63) is 64.7 Å². The minimum atomic E-state index is -4.44. The Hall–Kier alpha value is -2.54. The van der Waals surface area contributed by atoms with Crippen LogP contribution in [0.25, 0.3) is 0 Å². The molecule has 2 N–H and O–H groups in total. The largest absolute Gasteiger partial charge is 0.416 e. The second kappa shape index (κ2) is 7.35. The molecule has 0 atom stereocenters. The van der Waals surface area contributed by atoms with Crippen LogP contribution in [0.4, 0.5) is 18.9 Å². The SMILES string of the molecule is O=C(CNC(=O)c1ccccc1Cl)Nc1ccc(C(F)(F)F)cc1. The van der Waals surface area contributed by atoms with Gasteiger partial charge in [-0.15, -0.1) is 0 Å². The molecule has 4 nitrogen and oxygen atoms in total. The van der Waals surface area contributed by atoms with Crippen LogP contribution in [0.3, 0.4) is 0 Å². The Balaban J connectivity index is 1.90. The van der Waals surface area contributed by atoms with E-state index in [0.717, 1.165) is 24.3 Å². The highest BCUT2D eigenvalue weighted by Crippen LogP contribution is 2.29. The Labute approximate surface area is 140 Å². The van der Waals surface area contributed by atoms with E-state index < -0.39 is 23.6 Å². The van der Waals surface area contributed by atoms with Crippen molar-refractivity contribution in [2.45, 2.75) is 6.18 Å². The van der Waals surface area contributed by atoms with Crippen LogP contribution in [0, 0.1) is 0 Å². The van der Waals surface area contributed by atoms with Gasteiger partial charge in [0.15, 0.2) is 0 Å². The summed E-state index contributed by atoms with van der Waals surface area (Å²) in [6.45, 7) is -0.342. The van der Waals surface area contributed by atoms with Crippen molar-refractivity contribution >= 4 is 29.1 Å². The van der Waals surface area contributed by atoms with Gasteiger partial charge in [-0.1, -0.05) is 23.7 Å². The summed E-state index contributed by atoms with van der Waals surface area (Å²) in [5.41, 5.74) is -0.394. The second-order valence-electron chi connectivity index (χ2n) is 4.79. The van der Waals surface area contributed by atoms with Crippen LogP contribution in [-0.2, 0) is 11.0 Å². The summed E-state index contributed by atoms with van der Waals surface area (Å²) in [6, 6.07) is 10.3. The maximum absolute atomic E-state index is 12.4. The Bertz CT molecular complexity index is 746. The number of amides is 2. The first-order valence-corrected chi connectivity index (χ1v) is 7.15. The highest BCUT2D eigenvalue weighted by Gasteiger charge is 2.29. The third kappa shape index (κ3) is 4.73. The summed E-state index contributed by atoms with van der Waals surface area (Å²) in [6.07, 6.45) is -4.44.